The number of nitrogens with zero attached hydrogens (tertiary/aromatic N) is 7. The minimum atomic E-state index is -3.13. The fraction of sp³-hybridized carbons (Fsp3) is 0.343. The smallest absolute Gasteiger partial charge is 0.295 e. The number of nitrogens with two attached hydrogens (primary N) is 2. The van der Waals surface area contributed by atoms with Crippen molar-refractivity contribution < 1.29 is 46.7 Å². The van der Waals surface area contributed by atoms with Gasteiger partial charge in [-0.2, -0.15) is 0 Å². The van der Waals surface area contributed by atoms with E-state index in [1.165, 1.54) is 28.9 Å². The van der Waals surface area contributed by atoms with E-state index < -0.39 is 30.7 Å². The number of rotatable bonds is 13. The predicted octanol–water partition coefficient (Wildman–Crippen LogP) is 10.6. The van der Waals surface area contributed by atoms with E-state index in [4.69, 9.17) is 39.6 Å². The molecular weight excluding hydrogens is 1250 g/mol. The maximum atomic E-state index is 13.8. The average Bonchev–Trinajstić information content (AvgIpc) is 1.81. The molecule has 4 amide bonds. The van der Waals surface area contributed by atoms with Crippen LogP contribution in [0.2, 0.25) is 10.0 Å². The average molecular weight is 1330 g/mol. The van der Waals surface area contributed by atoms with Gasteiger partial charge in [0.25, 0.3) is 42.6 Å². The van der Waals surface area contributed by atoms with Crippen LogP contribution < -0.4 is 22.3 Å². The zero-order valence-electron chi connectivity index (χ0n) is 52.9. The van der Waals surface area contributed by atoms with Gasteiger partial charge in [-0.15, -0.1) is 0 Å². The lowest BCUT2D eigenvalue weighted by molar-refractivity contribution is -0.126. The molecule has 4 fully saturated rings. The molecule has 4 aliphatic rings. The normalized spacial score (nSPS) is 18.7. The van der Waals surface area contributed by atoms with E-state index in [1.54, 1.807) is 101 Å². The van der Waals surface area contributed by atoms with Gasteiger partial charge in [0.2, 0.25) is 0 Å². The number of nitrogens with one attached hydrogen (secondary N) is 1. The number of halogens is 4. The molecule has 18 nitrogen and oxygen atoms in total. The molecule has 4 aliphatic heterocycles. The third-order valence-electron chi connectivity index (χ3n) is 18.2. The molecule has 0 saturated carbocycles. The summed E-state index contributed by atoms with van der Waals surface area (Å²) in [7, 11) is -3.13. The van der Waals surface area contributed by atoms with Crippen molar-refractivity contribution in [3.05, 3.63) is 200 Å². The number of H-pyrrole nitrogens is 1. The summed E-state index contributed by atoms with van der Waals surface area (Å²) in [6.45, 7) is 17.4. The molecule has 23 heteroatoms. The number of ketones is 2. The molecule has 0 unspecified atom stereocenters. The van der Waals surface area contributed by atoms with Crippen LogP contribution in [0, 0.1) is 25.5 Å². The SMILES string of the molecule is Cc1[nH]c2cc(Cl)c(C(=O)N3C[C@H](C)N(Cc4ccc(F)cc4)C[C@H]3C)cc2c1C(=O)C(=O)N1CCCC1.Cc1c(C(=O)C(=O)N2CCCC2)c2cc(C(=O)N3C[C@H](C)N(Cc4ccc(F)cc4)C[C@H]3C)c(Cl)cc2n1N.NOP(=O)(c1ccccc1)c1ccccc1. The lowest BCUT2D eigenvalue weighted by Gasteiger charge is -2.44. The molecule has 93 heavy (non-hydrogen) atoms. The first kappa shape index (κ1) is 67.8. The Morgan fingerprint density at radius 2 is 0.968 bits per heavy atom. The van der Waals surface area contributed by atoms with Gasteiger partial charge >= 0.3 is 0 Å². The quantitative estimate of drug-likeness (QED) is 0.0323. The van der Waals surface area contributed by atoms with E-state index in [9.17, 15) is 42.1 Å². The van der Waals surface area contributed by atoms with Gasteiger partial charge in [0.1, 0.15) is 11.6 Å². The number of carbonyl (C=O) groups is 6. The molecule has 0 bridgehead atoms. The number of Topliss-reactive ketones (excluding diaryl/α,β-unsaturated/α-hetero) is 2. The highest BCUT2D eigenvalue weighted by Crippen LogP contribution is 2.42. The van der Waals surface area contributed by atoms with Crippen LogP contribution in [0.15, 0.2) is 133 Å². The fourth-order valence-electron chi connectivity index (χ4n) is 12.9. The number of hydrogen-bond acceptors (Lipinski definition) is 12. The molecule has 12 rings (SSSR count). The van der Waals surface area contributed by atoms with Gasteiger partial charge < -0.3 is 30.4 Å². The summed E-state index contributed by atoms with van der Waals surface area (Å²) in [6.07, 6.45) is 3.54. The Bertz CT molecular complexity index is 4100. The van der Waals surface area contributed by atoms with Crippen LogP contribution in [-0.4, -0.2) is 151 Å². The molecule has 0 radical (unpaired) electrons. The van der Waals surface area contributed by atoms with Crippen LogP contribution in [0.4, 0.5) is 8.78 Å². The summed E-state index contributed by atoms with van der Waals surface area (Å²) < 4.78 is 45.4. The van der Waals surface area contributed by atoms with Gasteiger partial charge in [-0.3, -0.25) is 47.8 Å². The summed E-state index contributed by atoms with van der Waals surface area (Å²) in [4.78, 5) is 94.4. The summed E-state index contributed by atoms with van der Waals surface area (Å²) in [5.74, 6) is 8.24. The van der Waals surface area contributed by atoms with Crippen LogP contribution in [0.5, 0.6) is 0 Å². The van der Waals surface area contributed by atoms with Crippen LogP contribution in [0.1, 0.15) is 117 Å². The number of benzene rings is 6. The Morgan fingerprint density at radius 1 is 0.559 bits per heavy atom. The van der Waals surface area contributed by atoms with Gasteiger partial charge in [0.15, 0.2) is 0 Å². The summed E-state index contributed by atoms with van der Waals surface area (Å²) >= 11 is 13.2. The van der Waals surface area contributed by atoms with Crippen LogP contribution in [0.25, 0.3) is 21.8 Å². The third-order valence-corrected chi connectivity index (χ3v) is 21.1. The summed E-state index contributed by atoms with van der Waals surface area (Å²) in [5, 5.41) is 2.70. The number of aromatic amines is 1. The van der Waals surface area contributed by atoms with Gasteiger partial charge in [-0.25, -0.2) is 19.3 Å². The first-order chi connectivity index (χ1) is 44.5. The second kappa shape index (κ2) is 29.1. The number of fused-ring (bicyclic) bond motifs is 2. The standard InChI is InChI=1S/C29H33ClFN5O3.C29H32ClFN4O3.C12H12NO2P/c1-17-15-35(18(2)14-34(17)16-20-6-8-21(31)9-7-20)28(38)22-12-23-25(13-24(22)30)36(32)19(3)26(23)27(37)29(39)33-10-4-5-11-33;1-17-15-35(18(2)14-34(17)16-20-6-8-21(31)9-7-20)28(37)22-12-23-25(13-24(22)30)32-19(3)26(23)27(36)29(38)33-10-4-5-11-33;13-15-16(14,11-7-3-1-4-8-11)12-9-5-2-6-10-12/h6-9,12-13,17-18H,4-5,10-11,14-16,32H2,1-3H3;6-9,12-13,17-18,32H,4-5,10-11,14-16H2,1-3H3;1-10H,13H2/t2*17-,18+;/m00./s1. The van der Waals surface area contributed by atoms with Crippen LogP contribution in [-0.2, 0) is 31.9 Å². The zero-order valence-corrected chi connectivity index (χ0v) is 55.3. The van der Waals surface area contributed by atoms with Crippen molar-refractivity contribution in [2.45, 2.75) is 104 Å². The monoisotopic (exact) mass is 1320 g/mol. The van der Waals surface area contributed by atoms with Gasteiger partial charge in [-0.1, -0.05) is 83.9 Å². The number of likely N-dealkylation sites (tertiary alicyclic amines) is 2. The first-order valence-electron chi connectivity index (χ1n) is 31.2. The number of piperazine rings is 2. The highest BCUT2D eigenvalue weighted by molar-refractivity contribution is 7.74. The number of amides is 4. The maximum Gasteiger partial charge on any atom is 0.295 e. The Morgan fingerprint density at radius 3 is 1.40 bits per heavy atom. The first-order valence-corrected chi connectivity index (χ1v) is 33.6. The predicted molar refractivity (Wildman–Crippen MR) is 359 cm³/mol. The van der Waals surface area contributed by atoms with Gasteiger partial charge in [0.05, 0.1) is 37.8 Å². The van der Waals surface area contributed by atoms with E-state index >= 15 is 0 Å². The maximum absolute atomic E-state index is 13.8. The lowest BCUT2D eigenvalue weighted by atomic mass is 10.0. The third kappa shape index (κ3) is 14.5. The van der Waals surface area contributed by atoms with Gasteiger partial charge in [0, 0.05) is 128 Å². The Balaban J connectivity index is 0.000000165. The zero-order chi connectivity index (χ0) is 66.6. The second-order valence-electron chi connectivity index (χ2n) is 24.6. The highest BCUT2D eigenvalue weighted by Gasteiger charge is 2.38. The molecule has 4 atom stereocenters. The molecule has 488 valence electrons. The van der Waals surface area contributed by atoms with Crippen molar-refractivity contribution in [2.24, 2.45) is 5.90 Å². The molecule has 0 spiro atoms. The molecule has 6 heterocycles. The van der Waals surface area contributed by atoms with Crippen LogP contribution >= 0.6 is 30.6 Å². The van der Waals surface area contributed by atoms with E-state index in [1.807, 2.05) is 55.1 Å². The Kier molecular flexibility index (Phi) is 21.2. The molecule has 2 aromatic heterocycles. The van der Waals surface area contributed by atoms with Crippen LogP contribution in [0.3, 0.4) is 0 Å². The number of nitrogen functional groups attached to an aromatic ring is 1. The van der Waals surface area contributed by atoms with Gasteiger partial charge in [-0.05, 0) is 151 Å². The minimum absolute atomic E-state index is 0.0558. The largest absolute Gasteiger partial charge is 0.358 e. The van der Waals surface area contributed by atoms with Crippen molar-refractivity contribution >= 4 is 98.2 Å². The summed E-state index contributed by atoms with van der Waals surface area (Å²) in [5.41, 5.74) is 5.23. The van der Waals surface area contributed by atoms with Crippen molar-refractivity contribution in [3.63, 3.8) is 0 Å². The Labute approximate surface area is 549 Å². The van der Waals surface area contributed by atoms with E-state index in [-0.39, 0.29) is 63.8 Å². The lowest BCUT2D eigenvalue weighted by Crippen LogP contribution is -2.57. The van der Waals surface area contributed by atoms with Crippen molar-refractivity contribution in [1.29, 1.82) is 0 Å². The van der Waals surface area contributed by atoms with Crippen molar-refractivity contribution in [1.82, 2.24) is 39.1 Å². The van der Waals surface area contributed by atoms with E-state index in [2.05, 4.69) is 28.6 Å². The number of aryl methyl sites for hydroxylation is 1. The molecule has 6 aromatic carbocycles. The highest BCUT2D eigenvalue weighted by atomic mass is 35.5. The molecular formula is C70H77Cl2F2N10O8P. The Hall–Kier alpha value is -8.07. The molecule has 4 saturated heterocycles. The van der Waals surface area contributed by atoms with Crippen molar-refractivity contribution in [3.8, 4) is 0 Å². The van der Waals surface area contributed by atoms with E-state index in [0.717, 1.165) is 36.8 Å². The fourth-order valence-corrected chi connectivity index (χ4v) is 15.1. The van der Waals surface area contributed by atoms with E-state index in [0.29, 0.717) is 125 Å². The molecule has 0 aliphatic carbocycles. The number of aromatic nitrogens is 2. The molecule has 8 aromatic rings. The summed E-state index contributed by atoms with van der Waals surface area (Å²) in [6, 6.07) is 37.3. The molecule has 5 N–H and O–H groups in total. The second-order valence-corrected chi connectivity index (χ2v) is 27.8. The minimum Gasteiger partial charge on any atom is -0.358 e. The topological polar surface area (TPSA) is 221 Å². The number of carbonyl (C=O) groups excluding carboxylic acids is 6. The van der Waals surface area contributed by atoms with Crippen molar-refractivity contribution in [2.75, 3.05) is 58.2 Å². The number of hydrogen-bond donors (Lipinski definition) is 3.